The zero-order valence-corrected chi connectivity index (χ0v) is 15.7. The highest BCUT2D eigenvalue weighted by Crippen LogP contribution is 2.23. The summed E-state index contributed by atoms with van der Waals surface area (Å²) in [5.74, 6) is 0.0896. The van der Waals surface area contributed by atoms with Crippen LogP contribution in [0, 0.1) is 20.8 Å². The molecular weight excluding hydrogens is 310 g/mol. The molecule has 1 fully saturated rings. The first-order valence-electron chi connectivity index (χ1n) is 8.22. The van der Waals surface area contributed by atoms with Crippen LogP contribution in [0.15, 0.2) is 12.1 Å². The molecule has 0 bridgehead atoms. The molecule has 0 aromatic heterocycles. The number of amides is 1. The summed E-state index contributed by atoms with van der Waals surface area (Å²) >= 11 is 0. The lowest BCUT2D eigenvalue weighted by atomic mass is 10.0. The number of benzene rings is 1. The predicted octanol–water partition coefficient (Wildman–Crippen LogP) is 3.04. The summed E-state index contributed by atoms with van der Waals surface area (Å²) in [4.78, 5) is 14.9. The van der Waals surface area contributed by atoms with E-state index in [1.54, 1.807) is 0 Å². The van der Waals surface area contributed by atoms with Crippen LogP contribution in [0.3, 0.4) is 0 Å². The Balaban J connectivity index is 0.00000264. The van der Waals surface area contributed by atoms with Crippen LogP contribution in [0.2, 0.25) is 0 Å². The number of nitrogens with one attached hydrogen (secondary N) is 2. The topological polar surface area (TPSA) is 44.4 Å². The van der Waals surface area contributed by atoms with Crippen LogP contribution in [-0.2, 0) is 4.79 Å². The Morgan fingerprint density at radius 2 is 1.87 bits per heavy atom. The third kappa shape index (κ3) is 4.93. The van der Waals surface area contributed by atoms with Gasteiger partial charge in [-0.3, -0.25) is 9.69 Å². The SMILES string of the molecule is CNC1CCCN(C(C)C(=O)Nc2c(C)cc(C)cc2C)C1.Cl. The highest BCUT2D eigenvalue weighted by atomic mass is 35.5. The standard InChI is InChI=1S/C18H29N3O.ClH/c1-12-9-13(2)17(14(3)10-12)20-18(22)15(4)21-8-6-7-16(11-21)19-5;/h9-10,15-16,19H,6-8,11H2,1-5H3,(H,20,22);1H. The fourth-order valence-corrected chi connectivity index (χ4v) is 3.36. The van der Waals surface area contributed by atoms with E-state index in [1.165, 1.54) is 12.0 Å². The van der Waals surface area contributed by atoms with Gasteiger partial charge in [0.2, 0.25) is 5.91 Å². The number of piperidine rings is 1. The van der Waals surface area contributed by atoms with E-state index in [4.69, 9.17) is 0 Å². The number of hydrogen-bond donors (Lipinski definition) is 2. The smallest absolute Gasteiger partial charge is 0.241 e. The zero-order valence-electron chi connectivity index (χ0n) is 14.9. The van der Waals surface area contributed by atoms with E-state index in [0.717, 1.165) is 36.3 Å². The van der Waals surface area contributed by atoms with Crippen molar-refractivity contribution >= 4 is 24.0 Å². The lowest BCUT2D eigenvalue weighted by Gasteiger charge is -2.36. The van der Waals surface area contributed by atoms with Crippen LogP contribution >= 0.6 is 12.4 Å². The molecule has 1 aromatic carbocycles. The molecule has 2 N–H and O–H groups in total. The van der Waals surface area contributed by atoms with E-state index in [9.17, 15) is 4.79 Å². The maximum atomic E-state index is 12.6. The van der Waals surface area contributed by atoms with E-state index in [0.29, 0.717) is 6.04 Å². The van der Waals surface area contributed by atoms with Crippen molar-refractivity contribution in [3.05, 3.63) is 28.8 Å². The minimum absolute atomic E-state index is 0. The average molecular weight is 340 g/mol. The molecule has 2 atom stereocenters. The third-order valence-electron chi connectivity index (χ3n) is 4.71. The van der Waals surface area contributed by atoms with E-state index >= 15 is 0 Å². The molecule has 1 aliphatic heterocycles. The van der Waals surface area contributed by atoms with Crippen molar-refractivity contribution in [3.63, 3.8) is 0 Å². The quantitative estimate of drug-likeness (QED) is 0.886. The molecule has 1 aromatic rings. The van der Waals surface area contributed by atoms with Gasteiger partial charge in [0.05, 0.1) is 6.04 Å². The average Bonchev–Trinajstić information content (AvgIpc) is 2.49. The predicted molar refractivity (Wildman–Crippen MR) is 99.6 cm³/mol. The fraction of sp³-hybridized carbons (Fsp3) is 0.611. The Morgan fingerprint density at radius 3 is 2.43 bits per heavy atom. The van der Waals surface area contributed by atoms with Gasteiger partial charge in [-0.1, -0.05) is 17.7 Å². The van der Waals surface area contributed by atoms with Crippen molar-refractivity contribution in [2.45, 2.75) is 52.6 Å². The molecule has 1 heterocycles. The van der Waals surface area contributed by atoms with Crippen LogP contribution < -0.4 is 10.6 Å². The van der Waals surface area contributed by atoms with Gasteiger partial charge in [-0.2, -0.15) is 0 Å². The van der Waals surface area contributed by atoms with Crippen molar-refractivity contribution in [1.82, 2.24) is 10.2 Å². The molecule has 1 aliphatic rings. The Morgan fingerprint density at radius 1 is 1.26 bits per heavy atom. The Hall–Kier alpha value is -1.10. The normalized spacial score (nSPS) is 19.8. The lowest BCUT2D eigenvalue weighted by Crippen LogP contribution is -2.51. The number of likely N-dealkylation sites (N-methyl/N-ethyl adjacent to an activating group) is 1. The van der Waals surface area contributed by atoms with Crippen molar-refractivity contribution < 1.29 is 4.79 Å². The van der Waals surface area contributed by atoms with Crippen LogP contribution in [-0.4, -0.2) is 43.0 Å². The van der Waals surface area contributed by atoms with E-state index in [2.05, 4.69) is 48.4 Å². The second kappa shape index (κ2) is 8.67. The molecule has 1 saturated heterocycles. The molecule has 130 valence electrons. The maximum absolute atomic E-state index is 12.6. The number of rotatable bonds is 4. The van der Waals surface area contributed by atoms with Gasteiger partial charge in [0.15, 0.2) is 0 Å². The highest BCUT2D eigenvalue weighted by Gasteiger charge is 2.27. The molecular formula is C18H30ClN3O. The van der Waals surface area contributed by atoms with Crippen molar-refractivity contribution in [2.75, 3.05) is 25.5 Å². The molecule has 0 radical (unpaired) electrons. The van der Waals surface area contributed by atoms with Gasteiger partial charge in [0, 0.05) is 18.3 Å². The Bertz CT molecular complexity index is 524. The molecule has 0 saturated carbocycles. The summed E-state index contributed by atoms with van der Waals surface area (Å²) in [7, 11) is 2.00. The molecule has 23 heavy (non-hydrogen) atoms. The van der Waals surface area contributed by atoms with Crippen molar-refractivity contribution in [3.8, 4) is 0 Å². The largest absolute Gasteiger partial charge is 0.324 e. The molecule has 0 spiro atoms. The Labute approximate surface area is 146 Å². The van der Waals surface area contributed by atoms with Crippen molar-refractivity contribution in [2.24, 2.45) is 0 Å². The number of aryl methyl sites for hydroxylation is 3. The summed E-state index contributed by atoms with van der Waals surface area (Å²) < 4.78 is 0. The van der Waals surface area contributed by atoms with Gasteiger partial charge in [-0.25, -0.2) is 0 Å². The van der Waals surface area contributed by atoms with E-state index < -0.39 is 0 Å². The van der Waals surface area contributed by atoms with Gasteiger partial charge < -0.3 is 10.6 Å². The molecule has 2 unspecified atom stereocenters. The van der Waals surface area contributed by atoms with Gasteiger partial charge >= 0.3 is 0 Å². The number of hydrogen-bond acceptors (Lipinski definition) is 3. The van der Waals surface area contributed by atoms with Gasteiger partial charge in [0.25, 0.3) is 0 Å². The second-order valence-corrected chi connectivity index (χ2v) is 6.56. The number of halogens is 1. The first-order valence-corrected chi connectivity index (χ1v) is 8.22. The zero-order chi connectivity index (χ0) is 16.3. The molecule has 4 nitrogen and oxygen atoms in total. The van der Waals surface area contributed by atoms with Crippen LogP contribution in [0.4, 0.5) is 5.69 Å². The summed E-state index contributed by atoms with van der Waals surface area (Å²) in [6.07, 6.45) is 2.34. The fourth-order valence-electron chi connectivity index (χ4n) is 3.36. The molecule has 2 rings (SSSR count). The number of carbonyl (C=O) groups excluding carboxylic acids is 1. The Kier molecular flexibility index (Phi) is 7.52. The molecule has 5 heteroatoms. The van der Waals surface area contributed by atoms with Crippen LogP contribution in [0.1, 0.15) is 36.5 Å². The van der Waals surface area contributed by atoms with Crippen molar-refractivity contribution in [1.29, 1.82) is 0 Å². The minimum atomic E-state index is -0.101. The molecule has 0 aliphatic carbocycles. The second-order valence-electron chi connectivity index (χ2n) is 6.56. The third-order valence-corrected chi connectivity index (χ3v) is 4.71. The van der Waals surface area contributed by atoms with E-state index in [1.807, 2.05) is 14.0 Å². The summed E-state index contributed by atoms with van der Waals surface area (Å²) in [6, 6.07) is 4.62. The first kappa shape index (κ1) is 19.9. The number of carbonyl (C=O) groups is 1. The minimum Gasteiger partial charge on any atom is -0.324 e. The van der Waals surface area contributed by atoms with Gasteiger partial charge in [0.1, 0.15) is 0 Å². The van der Waals surface area contributed by atoms with Crippen LogP contribution in [0.5, 0.6) is 0 Å². The van der Waals surface area contributed by atoms with Crippen LogP contribution in [0.25, 0.3) is 0 Å². The van der Waals surface area contributed by atoms with Gasteiger partial charge in [-0.15, -0.1) is 12.4 Å². The summed E-state index contributed by atoms with van der Waals surface area (Å²) in [6.45, 7) is 10.1. The summed E-state index contributed by atoms with van der Waals surface area (Å²) in [5.41, 5.74) is 4.45. The number of nitrogens with zero attached hydrogens (tertiary/aromatic N) is 1. The highest BCUT2D eigenvalue weighted by molar-refractivity contribution is 5.96. The first-order chi connectivity index (χ1) is 10.4. The maximum Gasteiger partial charge on any atom is 0.241 e. The molecule has 1 amide bonds. The lowest BCUT2D eigenvalue weighted by molar-refractivity contribution is -0.121. The monoisotopic (exact) mass is 339 g/mol. The number of anilines is 1. The van der Waals surface area contributed by atoms with Gasteiger partial charge in [-0.05, 0) is 65.3 Å². The number of likely N-dealkylation sites (tertiary alicyclic amines) is 1. The van der Waals surface area contributed by atoms with E-state index in [-0.39, 0.29) is 24.4 Å². The summed E-state index contributed by atoms with van der Waals surface area (Å²) in [5, 5.41) is 6.46.